The zero-order valence-electron chi connectivity index (χ0n) is 14.2. The van der Waals surface area contributed by atoms with Crippen LogP contribution in [-0.4, -0.2) is 27.3 Å². The number of hydrogen-bond acceptors (Lipinski definition) is 4. The van der Waals surface area contributed by atoms with Crippen LogP contribution in [0.15, 0.2) is 18.2 Å². The van der Waals surface area contributed by atoms with E-state index < -0.39 is 5.91 Å². The predicted molar refractivity (Wildman–Crippen MR) is 93.5 cm³/mol. The van der Waals surface area contributed by atoms with Crippen LogP contribution >= 0.6 is 11.6 Å². The predicted octanol–water partition coefficient (Wildman–Crippen LogP) is 2.98. The van der Waals surface area contributed by atoms with Crippen LogP contribution in [0.1, 0.15) is 64.1 Å². The van der Waals surface area contributed by atoms with E-state index in [4.69, 9.17) is 17.3 Å². The molecule has 25 heavy (non-hydrogen) atoms. The Morgan fingerprint density at radius 3 is 2.52 bits per heavy atom. The highest BCUT2D eigenvalue weighted by Gasteiger charge is 2.37. The lowest BCUT2D eigenvalue weighted by atomic mass is 9.75. The molecule has 0 unspecified atom stereocenters. The summed E-state index contributed by atoms with van der Waals surface area (Å²) in [4.78, 5) is 35.9. The Kier molecular flexibility index (Phi) is 4.03. The summed E-state index contributed by atoms with van der Waals surface area (Å²) in [7, 11) is 0. The SMILES string of the molecule is CC(=O)c1nn(-c2ccc(C(N)=O)c(Cl)c2)c2c1C(=O)CC(C)(C)C2. The third kappa shape index (κ3) is 2.98. The van der Waals surface area contributed by atoms with E-state index in [1.807, 2.05) is 13.8 Å². The van der Waals surface area contributed by atoms with Crippen LogP contribution in [0.2, 0.25) is 5.02 Å². The smallest absolute Gasteiger partial charge is 0.250 e. The van der Waals surface area contributed by atoms with Gasteiger partial charge >= 0.3 is 0 Å². The van der Waals surface area contributed by atoms with Crippen LogP contribution in [0, 0.1) is 5.41 Å². The minimum atomic E-state index is -0.625. The molecule has 3 rings (SSSR count). The number of nitrogens with two attached hydrogens (primary N) is 1. The van der Waals surface area contributed by atoms with Gasteiger partial charge in [0, 0.05) is 13.3 Å². The van der Waals surface area contributed by atoms with Crippen LogP contribution < -0.4 is 5.73 Å². The first-order chi connectivity index (χ1) is 11.6. The number of benzene rings is 1. The molecule has 130 valence electrons. The molecule has 2 aromatic rings. The fraction of sp³-hybridized carbons (Fsp3) is 0.333. The Bertz CT molecular complexity index is 928. The number of fused-ring (bicyclic) bond motifs is 1. The third-order valence-electron chi connectivity index (χ3n) is 4.34. The normalized spacial score (nSPS) is 15.8. The summed E-state index contributed by atoms with van der Waals surface area (Å²) in [6, 6.07) is 4.72. The van der Waals surface area contributed by atoms with Crippen molar-refractivity contribution >= 4 is 29.1 Å². The molecule has 7 heteroatoms. The van der Waals surface area contributed by atoms with Crippen molar-refractivity contribution in [2.75, 3.05) is 0 Å². The molecule has 1 heterocycles. The summed E-state index contributed by atoms with van der Waals surface area (Å²) in [6.07, 6.45) is 0.969. The van der Waals surface area contributed by atoms with Gasteiger partial charge in [-0.1, -0.05) is 25.4 Å². The molecule has 0 fully saturated rings. The molecular weight excluding hydrogens is 342 g/mol. The number of carbonyl (C=O) groups is 3. The number of Topliss-reactive ketones (excluding diaryl/α,β-unsaturated/α-hetero) is 2. The van der Waals surface area contributed by atoms with Gasteiger partial charge in [-0.15, -0.1) is 0 Å². The fourth-order valence-electron chi connectivity index (χ4n) is 3.24. The van der Waals surface area contributed by atoms with Crippen molar-refractivity contribution in [2.45, 2.75) is 33.6 Å². The number of hydrogen-bond donors (Lipinski definition) is 1. The van der Waals surface area contributed by atoms with E-state index >= 15 is 0 Å². The maximum atomic E-state index is 12.6. The van der Waals surface area contributed by atoms with Gasteiger partial charge in [-0.25, -0.2) is 4.68 Å². The highest BCUT2D eigenvalue weighted by Crippen LogP contribution is 2.37. The number of carbonyl (C=O) groups excluding carboxylic acids is 3. The van der Waals surface area contributed by atoms with E-state index in [9.17, 15) is 14.4 Å². The van der Waals surface area contributed by atoms with Gasteiger partial charge < -0.3 is 5.73 Å². The lowest BCUT2D eigenvalue weighted by Crippen LogP contribution is -2.28. The van der Waals surface area contributed by atoms with E-state index in [2.05, 4.69) is 5.10 Å². The average Bonchev–Trinajstić information content (AvgIpc) is 2.85. The Hall–Kier alpha value is -2.47. The average molecular weight is 360 g/mol. The van der Waals surface area contributed by atoms with E-state index in [1.54, 1.807) is 16.8 Å². The van der Waals surface area contributed by atoms with Gasteiger partial charge in [-0.05, 0) is 30.0 Å². The van der Waals surface area contributed by atoms with E-state index in [1.165, 1.54) is 13.0 Å². The number of primary amides is 1. The number of ketones is 2. The van der Waals surface area contributed by atoms with Gasteiger partial charge in [0.05, 0.1) is 27.5 Å². The van der Waals surface area contributed by atoms with Gasteiger partial charge in [0.25, 0.3) is 0 Å². The van der Waals surface area contributed by atoms with Crippen LogP contribution in [0.25, 0.3) is 5.69 Å². The van der Waals surface area contributed by atoms with Gasteiger partial charge in [0.1, 0.15) is 5.69 Å². The first-order valence-corrected chi connectivity index (χ1v) is 8.24. The van der Waals surface area contributed by atoms with Gasteiger partial charge in [-0.3, -0.25) is 14.4 Å². The standard InChI is InChI=1S/C18H18ClN3O3/c1-9(23)16-15-13(7-18(2,3)8-14(15)24)22(21-16)10-4-5-11(17(20)25)12(19)6-10/h4-6H,7-8H2,1-3H3,(H2,20,25). The summed E-state index contributed by atoms with van der Waals surface area (Å²) < 4.78 is 1.57. The monoisotopic (exact) mass is 359 g/mol. The van der Waals surface area contributed by atoms with Gasteiger partial charge in [0.15, 0.2) is 11.6 Å². The van der Waals surface area contributed by atoms with Crippen molar-refractivity contribution < 1.29 is 14.4 Å². The van der Waals surface area contributed by atoms with E-state index in [0.717, 1.165) is 0 Å². The number of rotatable bonds is 3. The molecule has 0 saturated carbocycles. The Morgan fingerprint density at radius 2 is 1.96 bits per heavy atom. The second kappa shape index (κ2) is 5.81. The first kappa shape index (κ1) is 17.4. The largest absolute Gasteiger partial charge is 0.366 e. The molecule has 0 aliphatic heterocycles. The molecule has 1 aromatic carbocycles. The quantitative estimate of drug-likeness (QED) is 0.852. The molecule has 2 N–H and O–H groups in total. The Balaban J connectivity index is 2.23. The van der Waals surface area contributed by atoms with Gasteiger partial charge in [-0.2, -0.15) is 5.10 Å². The molecule has 1 aliphatic carbocycles. The summed E-state index contributed by atoms with van der Waals surface area (Å²) in [5, 5.41) is 4.56. The van der Waals surface area contributed by atoms with Crippen molar-refractivity contribution in [3.8, 4) is 5.69 Å². The molecule has 1 aliphatic rings. The molecule has 1 aromatic heterocycles. The number of halogens is 1. The molecular formula is C18H18ClN3O3. The fourth-order valence-corrected chi connectivity index (χ4v) is 3.51. The molecule has 1 amide bonds. The highest BCUT2D eigenvalue weighted by molar-refractivity contribution is 6.34. The number of aromatic nitrogens is 2. The van der Waals surface area contributed by atoms with Crippen molar-refractivity contribution in [3.05, 3.63) is 45.7 Å². The zero-order chi connectivity index (χ0) is 18.5. The van der Waals surface area contributed by atoms with Crippen molar-refractivity contribution in [1.29, 1.82) is 0 Å². The topological polar surface area (TPSA) is 95.0 Å². The summed E-state index contributed by atoms with van der Waals surface area (Å²) >= 11 is 6.14. The minimum Gasteiger partial charge on any atom is -0.366 e. The summed E-state index contributed by atoms with van der Waals surface area (Å²) in [5.41, 5.74) is 7.08. The summed E-state index contributed by atoms with van der Waals surface area (Å²) in [6.45, 7) is 5.40. The number of nitrogens with zero attached hydrogens (tertiary/aromatic N) is 2. The maximum Gasteiger partial charge on any atom is 0.250 e. The lowest BCUT2D eigenvalue weighted by Gasteiger charge is -2.29. The summed E-state index contributed by atoms with van der Waals surface area (Å²) in [5.74, 6) is -0.967. The van der Waals surface area contributed by atoms with Gasteiger partial charge in [0.2, 0.25) is 5.91 Å². The zero-order valence-corrected chi connectivity index (χ0v) is 15.0. The maximum absolute atomic E-state index is 12.6. The first-order valence-electron chi connectivity index (χ1n) is 7.86. The Morgan fingerprint density at radius 1 is 1.28 bits per heavy atom. The molecule has 0 bridgehead atoms. The second-order valence-corrected chi connectivity index (χ2v) is 7.51. The van der Waals surface area contributed by atoms with Crippen LogP contribution in [0.4, 0.5) is 0 Å². The molecule has 0 saturated heterocycles. The van der Waals surface area contributed by atoms with E-state index in [0.29, 0.717) is 29.8 Å². The highest BCUT2D eigenvalue weighted by atomic mass is 35.5. The van der Waals surface area contributed by atoms with E-state index in [-0.39, 0.29) is 33.3 Å². The minimum absolute atomic E-state index is 0.0810. The lowest BCUT2D eigenvalue weighted by molar-refractivity contribution is 0.0899. The van der Waals surface area contributed by atoms with Crippen molar-refractivity contribution in [1.82, 2.24) is 9.78 Å². The van der Waals surface area contributed by atoms with Crippen LogP contribution in [0.3, 0.4) is 0 Å². The Labute approximate surface area is 150 Å². The van der Waals surface area contributed by atoms with Crippen LogP contribution in [-0.2, 0) is 6.42 Å². The second-order valence-electron chi connectivity index (χ2n) is 7.11. The molecule has 6 nitrogen and oxygen atoms in total. The van der Waals surface area contributed by atoms with Crippen molar-refractivity contribution in [2.24, 2.45) is 11.1 Å². The number of amides is 1. The molecule has 0 atom stereocenters. The molecule has 0 radical (unpaired) electrons. The van der Waals surface area contributed by atoms with Crippen molar-refractivity contribution in [3.63, 3.8) is 0 Å². The molecule has 0 spiro atoms. The van der Waals surface area contributed by atoms with Crippen LogP contribution in [0.5, 0.6) is 0 Å². The third-order valence-corrected chi connectivity index (χ3v) is 4.65.